The highest BCUT2D eigenvalue weighted by Crippen LogP contribution is 2.34. The average molecular weight is 451 g/mol. The highest BCUT2D eigenvalue weighted by atomic mass is 79.9. The van der Waals surface area contributed by atoms with Gasteiger partial charge in [-0.05, 0) is 70.2 Å². The fourth-order valence-corrected chi connectivity index (χ4v) is 3.76. The molecule has 3 N–H and O–H groups in total. The highest BCUT2D eigenvalue weighted by molar-refractivity contribution is 9.10. The molecule has 1 aliphatic carbocycles. The summed E-state index contributed by atoms with van der Waals surface area (Å²) >= 11 is 3.43. The summed E-state index contributed by atoms with van der Waals surface area (Å²) in [5.41, 5.74) is 6.30. The van der Waals surface area contributed by atoms with Crippen LogP contribution in [-0.2, 0) is 12.8 Å². The fraction of sp³-hybridized carbons (Fsp3) is 0.0952. The molecule has 0 aliphatic heterocycles. The van der Waals surface area contributed by atoms with E-state index in [-0.39, 0.29) is 5.82 Å². The first kappa shape index (κ1) is 17.8. The van der Waals surface area contributed by atoms with Crippen LogP contribution in [0.3, 0.4) is 0 Å². The SMILES string of the molecule is Fc1cccc(Nc2nc(Nc3ccc4c(c3)CCc3cn[nH]c3-4)ncc2Br)c1. The first-order valence-corrected chi connectivity index (χ1v) is 9.93. The maximum Gasteiger partial charge on any atom is 0.229 e. The topological polar surface area (TPSA) is 78.5 Å². The largest absolute Gasteiger partial charge is 0.339 e. The normalized spacial score (nSPS) is 12.2. The molecule has 6 nitrogen and oxygen atoms in total. The Morgan fingerprint density at radius 2 is 1.83 bits per heavy atom. The minimum atomic E-state index is -0.312. The lowest BCUT2D eigenvalue weighted by molar-refractivity contribution is 0.628. The lowest BCUT2D eigenvalue weighted by Gasteiger charge is -2.17. The van der Waals surface area contributed by atoms with E-state index in [0.29, 0.717) is 21.9 Å². The van der Waals surface area contributed by atoms with Gasteiger partial charge in [-0.15, -0.1) is 0 Å². The van der Waals surface area contributed by atoms with Gasteiger partial charge in [0.15, 0.2) is 0 Å². The van der Waals surface area contributed by atoms with Crippen molar-refractivity contribution in [2.24, 2.45) is 0 Å². The number of anilines is 4. The van der Waals surface area contributed by atoms with Gasteiger partial charge in [-0.1, -0.05) is 12.1 Å². The molecule has 0 saturated heterocycles. The minimum Gasteiger partial charge on any atom is -0.339 e. The van der Waals surface area contributed by atoms with Crippen molar-refractivity contribution in [1.29, 1.82) is 0 Å². The van der Waals surface area contributed by atoms with Crippen LogP contribution in [-0.4, -0.2) is 20.2 Å². The molecule has 2 aromatic heterocycles. The molecule has 0 fully saturated rings. The first-order valence-electron chi connectivity index (χ1n) is 9.13. The fourth-order valence-electron chi connectivity index (χ4n) is 3.47. The highest BCUT2D eigenvalue weighted by Gasteiger charge is 2.18. The van der Waals surface area contributed by atoms with Crippen molar-refractivity contribution in [3.8, 4) is 11.3 Å². The Morgan fingerprint density at radius 3 is 2.72 bits per heavy atom. The summed E-state index contributed by atoms with van der Waals surface area (Å²) < 4.78 is 14.1. The predicted octanol–water partition coefficient (Wildman–Crippen LogP) is 5.35. The van der Waals surface area contributed by atoms with E-state index in [1.54, 1.807) is 18.3 Å². The number of hydrogen-bond donors (Lipinski definition) is 3. The van der Waals surface area contributed by atoms with Crippen molar-refractivity contribution in [2.45, 2.75) is 12.8 Å². The quantitative estimate of drug-likeness (QED) is 0.390. The third-order valence-electron chi connectivity index (χ3n) is 4.84. The molecule has 0 radical (unpaired) electrons. The van der Waals surface area contributed by atoms with E-state index >= 15 is 0 Å². The van der Waals surface area contributed by atoms with Gasteiger partial charge in [0.2, 0.25) is 5.95 Å². The number of aryl methyl sites for hydroxylation is 2. The summed E-state index contributed by atoms with van der Waals surface area (Å²) in [6, 6.07) is 12.4. The van der Waals surface area contributed by atoms with Gasteiger partial charge in [0, 0.05) is 23.1 Å². The van der Waals surface area contributed by atoms with Crippen LogP contribution in [0.2, 0.25) is 0 Å². The van der Waals surface area contributed by atoms with Crippen molar-refractivity contribution in [1.82, 2.24) is 20.2 Å². The molecule has 5 rings (SSSR count). The van der Waals surface area contributed by atoms with E-state index in [0.717, 1.165) is 24.2 Å². The zero-order valence-electron chi connectivity index (χ0n) is 15.2. The Morgan fingerprint density at radius 1 is 0.966 bits per heavy atom. The average Bonchev–Trinajstić information content (AvgIpc) is 3.20. The number of nitrogens with one attached hydrogen (secondary N) is 3. The standard InChI is InChI=1S/C21H16BrFN6/c22-18-11-24-21(28-20(18)26-15-3-1-2-14(23)9-15)27-16-6-7-17-12(8-16)4-5-13-10-25-29-19(13)17/h1-3,6-11H,4-5H2,(H,25,29)(H2,24,26,27,28). The molecule has 0 spiro atoms. The van der Waals surface area contributed by atoms with E-state index in [4.69, 9.17) is 0 Å². The third kappa shape index (κ3) is 3.58. The molecule has 0 atom stereocenters. The van der Waals surface area contributed by atoms with Crippen LogP contribution in [0.25, 0.3) is 11.3 Å². The summed E-state index contributed by atoms with van der Waals surface area (Å²) in [4.78, 5) is 8.85. The molecule has 4 aromatic rings. The van der Waals surface area contributed by atoms with Crippen molar-refractivity contribution >= 4 is 39.1 Å². The van der Waals surface area contributed by atoms with Gasteiger partial charge in [0.25, 0.3) is 0 Å². The molecule has 0 unspecified atom stereocenters. The molecule has 2 aromatic carbocycles. The Labute approximate surface area is 174 Å². The maximum atomic E-state index is 13.4. The molecule has 144 valence electrons. The first-order chi connectivity index (χ1) is 14.2. The number of fused-ring (bicyclic) bond motifs is 3. The van der Waals surface area contributed by atoms with Crippen LogP contribution in [0.5, 0.6) is 0 Å². The van der Waals surface area contributed by atoms with E-state index in [1.165, 1.54) is 28.8 Å². The lowest BCUT2D eigenvalue weighted by Crippen LogP contribution is -2.05. The molecule has 0 saturated carbocycles. The molecule has 0 bridgehead atoms. The van der Waals surface area contributed by atoms with Gasteiger partial charge >= 0.3 is 0 Å². The minimum absolute atomic E-state index is 0.312. The molecular formula is C21H16BrFN6. The predicted molar refractivity (Wildman–Crippen MR) is 114 cm³/mol. The second-order valence-electron chi connectivity index (χ2n) is 6.79. The van der Waals surface area contributed by atoms with E-state index in [9.17, 15) is 4.39 Å². The molecular weight excluding hydrogens is 435 g/mol. The summed E-state index contributed by atoms with van der Waals surface area (Å²) in [7, 11) is 0. The van der Waals surface area contributed by atoms with Crippen LogP contribution in [0, 0.1) is 5.82 Å². The number of aromatic amines is 1. The molecule has 0 amide bonds. The van der Waals surface area contributed by atoms with Crippen LogP contribution in [0.1, 0.15) is 11.1 Å². The number of aromatic nitrogens is 4. The van der Waals surface area contributed by atoms with Crippen molar-refractivity contribution < 1.29 is 4.39 Å². The Bertz CT molecular complexity index is 1210. The monoisotopic (exact) mass is 450 g/mol. The third-order valence-corrected chi connectivity index (χ3v) is 5.42. The number of halogens is 2. The van der Waals surface area contributed by atoms with E-state index in [2.05, 4.69) is 58.9 Å². The Balaban J connectivity index is 1.40. The van der Waals surface area contributed by atoms with Crippen LogP contribution in [0.15, 0.2) is 59.3 Å². The Hall–Kier alpha value is -3.26. The molecule has 8 heteroatoms. The summed E-state index contributed by atoms with van der Waals surface area (Å²) in [6.07, 6.45) is 5.49. The smallest absolute Gasteiger partial charge is 0.229 e. The second-order valence-corrected chi connectivity index (χ2v) is 7.65. The number of hydrogen-bond acceptors (Lipinski definition) is 5. The van der Waals surface area contributed by atoms with Crippen molar-refractivity contribution in [3.63, 3.8) is 0 Å². The summed E-state index contributed by atoms with van der Waals surface area (Å²) in [5.74, 6) is 0.686. The van der Waals surface area contributed by atoms with Crippen LogP contribution < -0.4 is 10.6 Å². The van der Waals surface area contributed by atoms with Crippen LogP contribution in [0.4, 0.5) is 27.5 Å². The number of nitrogens with zero attached hydrogens (tertiary/aromatic N) is 3. The number of benzene rings is 2. The van der Waals surface area contributed by atoms with Crippen molar-refractivity contribution in [3.05, 3.63) is 76.3 Å². The van der Waals surface area contributed by atoms with Gasteiger partial charge in [-0.25, -0.2) is 9.37 Å². The maximum absolute atomic E-state index is 13.4. The molecule has 2 heterocycles. The zero-order chi connectivity index (χ0) is 19.8. The molecule has 1 aliphatic rings. The lowest BCUT2D eigenvalue weighted by atomic mass is 9.90. The second kappa shape index (κ2) is 7.29. The zero-order valence-corrected chi connectivity index (χ0v) is 16.8. The number of rotatable bonds is 4. The Kier molecular flexibility index (Phi) is 4.48. The van der Waals surface area contributed by atoms with Gasteiger partial charge in [0.1, 0.15) is 11.6 Å². The summed E-state index contributed by atoms with van der Waals surface area (Å²) in [5, 5.41) is 13.6. The van der Waals surface area contributed by atoms with Crippen LogP contribution >= 0.6 is 15.9 Å². The van der Waals surface area contributed by atoms with Gasteiger partial charge in [0.05, 0.1) is 16.4 Å². The van der Waals surface area contributed by atoms with E-state index in [1.807, 2.05) is 12.3 Å². The van der Waals surface area contributed by atoms with Crippen molar-refractivity contribution in [2.75, 3.05) is 10.6 Å². The van der Waals surface area contributed by atoms with Gasteiger partial charge in [-0.2, -0.15) is 10.1 Å². The van der Waals surface area contributed by atoms with Gasteiger partial charge < -0.3 is 10.6 Å². The molecule has 29 heavy (non-hydrogen) atoms. The van der Waals surface area contributed by atoms with E-state index < -0.39 is 0 Å². The van der Waals surface area contributed by atoms with Gasteiger partial charge in [-0.3, -0.25) is 5.10 Å². The summed E-state index contributed by atoms with van der Waals surface area (Å²) in [6.45, 7) is 0. The number of H-pyrrole nitrogens is 1.